The van der Waals surface area contributed by atoms with Crippen LogP contribution in [0.25, 0.3) is 0 Å². The molecule has 0 radical (unpaired) electrons. The van der Waals surface area contributed by atoms with Crippen molar-refractivity contribution in [2.75, 3.05) is 0 Å². The van der Waals surface area contributed by atoms with Crippen LogP contribution in [0.15, 0.2) is 35.5 Å². The molecule has 5 heteroatoms. The third-order valence-corrected chi connectivity index (χ3v) is 4.17. The third kappa shape index (κ3) is 3.82. The maximum Gasteiger partial charge on any atom is 0.229 e. The standard InChI is InChI=1S/C16H23N3OSi/c1-12(17-10-14-11-18-19(3)13(14)2)15-8-6-7-9-16(15)20-21(4)5/h6-12,21H,1-5H3. The second-order valence-corrected chi connectivity index (χ2v) is 7.80. The fourth-order valence-corrected chi connectivity index (χ4v) is 2.82. The van der Waals surface area contributed by atoms with Gasteiger partial charge in [-0.25, -0.2) is 0 Å². The molecule has 0 N–H and O–H groups in total. The minimum absolute atomic E-state index is 0.0635. The van der Waals surface area contributed by atoms with Crippen molar-refractivity contribution in [2.45, 2.75) is 33.0 Å². The van der Waals surface area contributed by atoms with E-state index in [4.69, 9.17) is 4.43 Å². The molecule has 0 bridgehead atoms. The fourth-order valence-electron chi connectivity index (χ4n) is 2.10. The SMILES string of the molecule is Cc1c(C=NC(C)c2ccccc2O[SiH](C)C)cnn1C. The van der Waals surface area contributed by atoms with E-state index in [1.807, 2.05) is 49.3 Å². The molecule has 0 fully saturated rings. The van der Waals surface area contributed by atoms with E-state index >= 15 is 0 Å². The average Bonchev–Trinajstić information content (AvgIpc) is 2.76. The molecule has 0 saturated carbocycles. The van der Waals surface area contributed by atoms with Gasteiger partial charge in [-0.1, -0.05) is 18.2 Å². The predicted octanol–water partition coefficient (Wildman–Crippen LogP) is 3.27. The van der Waals surface area contributed by atoms with Crippen molar-refractivity contribution >= 4 is 15.3 Å². The number of hydrogen-bond donors (Lipinski definition) is 0. The van der Waals surface area contributed by atoms with Crippen LogP contribution in [0.1, 0.15) is 29.8 Å². The molecular formula is C16H23N3OSi. The highest BCUT2D eigenvalue weighted by Gasteiger charge is 2.11. The first-order valence-corrected chi connectivity index (χ1v) is 10.0. The van der Waals surface area contributed by atoms with Gasteiger partial charge >= 0.3 is 0 Å². The Labute approximate surface area is 128 Å². The normalized spacial score (nSPS) is 13.0. The van der Waals surface area contributed by atoms with Gasteiger partial charge in [-0.3, -0.25) is 9.67 Å². The monoisotopic (exact) mass is 301 g/mol. The molecule has 1 aromatic carbocycles. The summed E-state index contributed by atoms with van der Waals surface area (Å²) >= 11 is 0. The number of hydrogen-bond acceptors (Lipinski definition) is 3. The molecule has 1 aromatic heterocycles. The molecule has 112 valence electrons. The predicted molar refractivity (Wildman–Crippen MR) is 89.9 cm³/mol. The largest absolute Gasteiger partial charge is 0.547 e. The quantitative estimate of drug-likeness (QED) is 0.628. The van der Waals surface area contributed by atoms with E-state index < -0.39 is 9.04 Å². The molecule has 0 aliphatic carbocycles. The van der Waals surface area contributed by atoms with Gasteiger partial charge in [0, 0.05) is 30.1 Å². The van der Waals surface area contributed by atoms with E-state index in [1.54, 1.807) is 0 Å². The van der Waals surface area contributed by atoms with Crippen LogP contribution in [0, 0.1) is 6.92 Å². The number of aryl methyl sites for hydroxylation is 1. The molecule has 0 spiro atoms. The average molecular weight is 301 g/mol. The van der Waals surface area contributed by atoms with Gasteiger partial charge in [-0.05, 0) is 33.0 Å². The molecule has 2 aromatic rings. The topological polar surface area (TPSA) is 39.4 Å². The van der Waals surface area contributed by atoms with Gasteiger partial charge in [0.1, 0.15) is 5.75 Å². The summed E-state index contributed by atoms with van der Waals surface area (Å²) in [6.45, 7) is 8.47. The first-order chi connectivity index (χ1) is 9.99. The second-order valence-electron chi connectivity index (χ2n) is 5.47. The van der Waals surface area contributed by atoms with Crippen LogP contribution in [0.3, 0.4) is 0 Å². The van der Waals surface area contributed by atoms with Gasteiger partial charge < -0.3 is 4.43 Å². The zero-order valence-corrected chi connectivity index (χ0v) is 14.5. The molecule has 1 atom stereocenters. The summed E-state index contributed by atoms with van der Waals surface area (Å²) in [6, 6.07) is 8.23. The molecule has 2 rings (SSSR count). The molecule has 1 heterocycles. The minimum atomic E-state index is -1.12. The number of aliphatic imine (C=N–C) groups is 1. The van der Waals surface area contributed by atoms with Crippen LogP contribution in [0.4, 0.5) is 0 Å². The van der Waals surface area contributed by atoms with Crippen molar-refractivity contribution in [3.8, 4) is 5.75 Å². The van der Waals surface area contributed by atoms with Crippen molar-refractivity contribution < 1.29 is 4.43 Å². The number of benzene rings is 1. The van der Waals surface area contributed by atoms with Crippen LogP contribution in [0.2, 0.25) is 13.1 Å². The van der Waals surface area contributed by atoms with Crippen LogP contribution in [-0.4, -0.2) is 25.0 Å². The Hall–Kier alpha value is -1.88. The van der Waals surface area contributed by atoms with Crippen molar-refractivity contribution in [3.63, 3.8) is 0 Å². The molecule has 21 heavy (non-hydrogen) atoms. The lowest BCUT2D eigenvalue weighted by molar-refractivity contribution is 0.564. The molecule has 0 amide bonds. The lowest BCUT2D eigenvalue weighted by Gasteiger charge is -2.16. The Morgan fingerprint density at radius 1 is 1.33 bits per heavy atom. The van der Waals surface area contributed by atoms with E-state index in [9.17, 15) is 0 Å². The summed E-state index contributed by atoms with van der Waals surface area (Å²) in [5, 5.41) is 4.23. The summed E-state index contributed by atoms with van der Waals surface area (Å²) < 4.78 is 7.85. The molecule has 1 unspecified atom stereocenters. The molecule has 4 nitrogen and oxygen atoms in total. The molecular weight excluding hydrogens is 278 g/mol. The van der Waals surface area contributed by atoms with Gasteiger partial charge in [0.25, 0.3) is 0 Å². The van der Waals surface area contributed by atoms with Gasteiger partial charge in [0.05, 0.1) is 12.2 Å². The van der Waals surface area contributed by atoms with Crippen LogP contribution < -0.4 is 4.43 Å². The highest BCUT2D eigenvalue weighted by atomic mass is 28.3. The lowest BCUT2D eigenvalue weighted by atomic mass is 10.1. The second kappa shape index (κ2) is 6.71. The zero-order valence-electron chi connectivity index (χ0n) is 13.4. The molecule has 0 aliphatic heterocycles. The van der Waals surface area contributed by atoms with E-state index in [2.05, 4.69) is 36.2 Å². The molecule has 0 saturated heterocycles. The third-order valence-electron chi connectivity index (χ3n) is 3.44. The Morgan fingerprint density at radius 2 is 2.05 bits per heavy atom. The summed E-state index contributed by atoms with van der Waals surface area (Å²) in [5.41, 5.74) is 3.31. The first kappa shape index (κ1) is 15.5. The molecule has 0 aliphatic rings. The Morgan fingerprint density at radius 3 is 2.67 bits per heavy atom. The van der Waals surface area contributed by atoms with Gasteiger partial charge in [-0.15, -0.1) is 0 Å². The summed E-state index contributed by atoms with van der Waals surface area (Å²) in [6.07, 6.45) is 3.74. The lowest BCUT2D eigenvalue weighted by Crippen LogP contribution is -2.13. The highest BCUT2D eigenvalue weighted by Crippen LogP contribution is 2.27. The van der Waals surface area contributed by atoms with Crippen molar-refractivity contribution in [2.24, 2.45) is 12.0 Å². The van der Waals surface area contributed by atoms with Crippen molar-refractivity contribution in [1.82, 2.24) is 9.78 Å². The summed E-state index contributed by atoms with van der Waals surface area (Å²) in [4.78, 5) is 4.66. The van der Waals surface area contributed by atoms with Crippen LogP contribution in [-0.2, 0) is 7.05 Å². The van der Waals surface area contributed by atoms with Crippen LogP contribution >= 0.6 is 0 Å². The summed E-state index contributed by atoms with van der Waals surface area (Å²) in [7, 11) is 0.821. The number of para-hydroxylation sites is 1. The fraction of sp³-hybridized carbons (Fsp3) is 0.375. The number of aromatic nitrogens is 2. The zero-order chi connectivity index (χ0) is 15.4. The van der Waals surface area contributed by atoms with Gasteiger partial charge in [-0.2, -0.15) is 5.10 Å². The smallest absolute Gasteiger partial charge is 0.229 e. The Kier molecular flexibility index (Phi) is 4.96. The summed E-state index contributed by atoms with van der Waals surface area (Å²) in [5.74, 6) is 0.965. The minimum Gasteiger partial charge on any atom is -0.547 e. The van der Waals surface area contributed by atoms with Crippen molar-refractivity contribution in [1.29, 1.82) is 0 Å². The van der Waals surface area contributed by atoms with E-state index in [0.29, 0.717) is 0 Å². The Balaban J connectivity index is 2.20. The maximum absolute atomic E-state index is 5.99. The van der Waals surface area contributed by atoms with Gasteiger partial charge in [0.2, 0.25) is 9.04 Å². The van der Waals surface area contributed by atoms with Crippen molar-refractivity contribution in [3.05, 3.63) is 47.3 Å². The maximum atomic E-state index is 5.99. The first-order valence-electron chi connectivity index (χ1n) is 7.26. The van der Waals surface area contributed by atoms with E-state index in [0.717, 1.165) is 22.6 Å². The Bertz CT molecular complexity index is 634. The highest BCUT2D eigenvalue weighted by molar-refractivity contribution is 6.49. The van der Waals surface area contributed by atoms with E-state index in [1.165, 1.54) is 0 Å². The van der Waals surface area contributed by atoms with Crippen LogP contribution in [0.5, 0.6) is 5.75 Å². The number of nitrogens with zero attached hydrogens (tertiary/aromatic N) is 3. The number of rotatable bonds is 5. The van der Waals surface area contributed by atoms with Gasteiger partial charge in [0.15, 0.2) is 0 Å². The van der Waals surface area contributed by atoms with E-state index in [-0.39, 0.29) is 6.04 Å².